The Morgan fingerprint density at radius 1 is 1.56 bits per heavy atom. The molecule has 1 aromatic rings. The van der Waals surface area contributed by atoms with Gasteiger partial charge >= 0.3 is 5.69 Å². The third-order valence-electron chi connectivity index (χ3n) is 3.25. The van der Waals surface area contributed by atoms with Crippen LogP contribution in [0.4, 0.5) is 0 Å². The average molecular weight is 255 g/mol. The van der Waals surface area contributed by atoms with Gasteiger partial charge < -0.3 is 15.6 Å². The average Bonchev–Trinajstić information content (AvgIpc) is 2.61. The van der Waals surface area contributed by atoms with Gasteiger partial charge in [-0.1, -0.05) is 6.92 Å². The Kier molecular flexibility index (Phi) is 3.38. The van der Waals surface area contributed by atoms with Crippen molar-refractivity contribution in [2.75, 3.05) is 0 Å². The van der Waals surface area contributed by atoms with E-state index in [2.05, 4.69) is 4.98 Å². The summed E-state index contributed by atoms with van der Waals surface area (Å²) >= 11 is 0. The first kappa shape index (κ1) is 13.0. The van der Waals surface area contributed by atoms with E-state index in [4.69, 9.17) is 10.5 Å². The number of aromatic amines is 1. The van der Waals surface area contributed by atoms with Crippen LogP contribution in [0.3, 0.4) is 0 Å². The molecule has 2 heterocycles. The van der Waals surface area contributed by atoms with Crippen molar-refractivity contribution < 1.29 is 9.84 Å². The first-order valence-electron chi connectivity index (χ1n) is 5.87. The lowest BCUT2D eigenvalue weighted by atomic mass is 10.1. The largest absolute Gasteiger partial charge is 0.387 e. The van der Waals surface area contributed by atoms with E-state index in [-0.39, 0.29) is 6.10 Å². The molecule has 7 heteroatoms. The van der Waals surface area contributed by atoms with Gasteiger partial charge in [-0.2, -0.15) is 0 Å². The minimum absolute atomic E-state index is 0.302. The highest BCUT2D eigenvalue weighted by Crippen LogP contribution is 2.28. The minimum atomic E-state index is -0.974. The summed E-state index contributed by atoms with van der Waals surface area (Å²) in [5, 5.41) is 10.00. The summed E-state index contributed by atoms with van der Waals surface area (Å²) in [4.78, 5) is 25.2. The van der Waals surface area contributed by atoms with Crippen molar-refractivity contribution in [3.63, 3.8) is 0 Å². The van der Waals surface area contributed by atoms with Crippen LogP contribution in [-0.2, 0) is 4.74 Å². The molecule has 0 unspecified atom stereocenters. The topological polar surface area (TPSA) is 110 Å². The van der Waals surface area contributed by atoms with E-state index in [0.717, 1.165) is 0 Å². The number of nitrogens with one attached hydrogen (secondary N) is 1. The fraction of sp³-hybridized carbons (Fsp3) is 0.636. The first-order chi connectivity index (χ1) is 8.45. The Bertz CT molecular complexity index is 550. The van der Waals surface area contributed by atoms with Crippen LogP contribution in [0.25, 0.3) is 0 Å². The zero-order chi connectivity index (χ0) is 13.4. The highest BCUT2D eigenvalue weighted by molar-refractivity contribution is 5.03. The van der Waals surface area contributed by atoms with Crippen molar-refractivity contribution in [1.82, 2.24) is 9.55 Å². The van der Waals surface area contributed by atoms with E-state index >= 15 is 0 Å². The summed E-state index contributed by atoms with van der Waals surface area (Å²) in [5.41, 5.74) is 5.13. The van der Waals surface area contributed by atoms with E-state index in [0.29, 0.717) is 12.0 Å². The maximum absolute atomic E-state index is 11.7. The molecule has 0 saturated carbocycles. The number of aliphatic hydroxyl groups excluding tert-OH is 1. The maximum atomic E-state index is 11.7. The lowest BCUT2D eigenvalue weighted by Crippen LogP contribution is -2.41. The van der Waals surface area contributed by atoms with Crippen LogP contribution in [-0.4, -0.2) is 32.9 Å². The number of hydrogen-bond acceptors (Lipinski definition) is 5. The van der Waals surface area contributed by atoms with Crippen LogP contribution in [0.5, 0.6) is 0 Å². The lowest BCUT2D eigenvalue weighted by Gasteiger charge is -2.17. The fourth-order valence-electron chi connectivity index (χ4n) is 2.13. The van der Waals surface area contributed by atoms with Gasteiger partial charge in [-0.25, -0.2) is 4.79 Å². The number of hydrogen-bond donors (Lipinski definition) is 3. The number of aliphatic hydroxyl groups is 1. The first-order valence-corrected chi connectivity index (χ1v) is 5.87. The molecule has 18 heavy (non-hydrogen) atoms. The molecule has 0 bridgehead atoms. The van der Waals surface area contributed by atoms with Crippen LogP contribution < -0.4 is 17.0 Å². The molecular formula is C11H17N3O4. The number of rotatable bonds is 2. The van der Waals surface area contributed by atoms with Crippen LogP contribution in [0.2, 0.25) is 0 Å². The summed E-state index contributed by atoms with van der Waals surface area (Å²) in [6.45, 7) is 3.47. The Morgan fingerprint density at radius 3 is 2.78 bits per heavy atom. The van der Waals surface area contributed by atoms with Gasteiger partial charge in [0.1, 0.15) is 6.10 Å². The van der Waals surface area contributed by atoms with Gasteiger partial charge in [0.2, 0.25) is 0 Å². The van der Waals surface area contributed by atoms with Crippen molar-refractivity contribution in [2.45, 2.75) is 44.7 Å². The molecule has 1 aliphatic rings. The zero-order valence-electron chi connectivity index (χ0n) is 10.3. The Morgan fingerprint density at radius 2 is 2.22 bits per heavy atom. The SMILES string of the molecule is CC[C@H]1O[C@@H](n2cc(C)c(=O)[nH]c2=O)[C@H](O)[C@@H]1N. The molecule has 1 aliphatic heterocycles. The van der Waals surface area contributed by atoms with Crippen molar-refractivity contribution in [3.05, 3.63) is 32.6 Å². The summed E-state index contributed by atoms with van der Waals surface area (Å²) in [7, 11) is 0. The fourth-order valence-corrected chi connectivity index (χ4v) is 2.13. The molecular weight excluding hydrogens is 238 g/mol. The van der Waals surface area contributed by atoms with Gasteiger partial charge in [0, 0.05) is 11.8 Å². The molecule has 0 amide bonds. The summed E-state index contributed by atoms with van der Waals surface area (Å²) in [5.74, 6) is 0. The normalized spacial score (nSPS) is 31.8. The summed E-state index contributed by atoms with van der Waals surface area (Å²) in [6, 6.07) is -0.542. The standard InChI is InChI=1S/C11H17N3O4/c1-3-6-7(12)8(15)10(18-6)14-4-5(2)9(16)13-11(14)17/h4,6-8,10,15H,3,12H2,1-2H3,(H,13,16,17)/t6-,7-,8-,10-/m1/s1. The van der Waals surface area contributed by atoms with Crippen LogP contribution in [0, 0.1) is 6.92 Å². The molecule has 2 rings (SSSR count). The zero-order valence-corrected chi connectivity index (χ0v) is 10.3. The van der Waals surface area contributed by atoms with Crippen molar-refractivity contribution in [2.24, 2.45) is 5.73 Å². The highest BCUT2D eigenvalue weighted by Gasteiger charge is 2.41. The second-order valence-electron chi connectivity index (χ2n) is 4.52. The minimum Gasteiger partial charge on any atom is -0.387 e. The Labute approximate surface area is 103 Å². The quantitative estimate of drug-likeness (QED) is 0.617. The molecule has 4 N–H and O–H groups in total. The van der Waals surface area contributed by atoms with Gasteiger partial charge in [-0.05, 0) is 13.3 Å². The number of aryl methyl sites for hydroxylation is 1. The molecule has 0 radical (unpaired) electrons. The third kappa shape index (κ3) is 2.00. The van der Waals surface area contributed by atoms with E-state index < -0.39 is 29.6 Å². The predicted octanol–water partition coefficient (Wildman–Crippen LogP) is -1.16. The number of aromatic nitrogens is 2. The smallest absolute Gasteiger partial charge is 0.330 e. The predicted molar refractivity (Wildman–Crippen MR) is 64.2 cm³/mol. The second-order valence-corrected chi connectivity index (χ2v) is 4.52. The van der Waals surface area contributed by atoms with Crippen LogP contribution in [0.1, 0.15) is 25.1 Å². The molecule has 1 saturated heterocycles. The van der Waals surface area contributed by atoms with Crippen molar-refractivity contribution >= 4 is 0 Å². The van der Waals surface area contributed by atoms with Gasteiger partial charge in [0.15, 0.2) is 6.23 Å². The Hall–Kier alpha value is -1.44. The molecule has 7 nitrogen and oxygen atoms in total. The van der Waals surface area contributed by atoms with E-state index in [1.165, 1.54) is 10.8 Å². The van der Waals surface area contributed by atoms with E-state index in [9.17, 15) is 14.7 Å². The monoisotopic (exact) mass is 255 g/mol. The van der Waals surface area contributed by atoms with Crippen LogP contribution in [0.15, 0.2) is 15.8 Å². The van der Waals surface area contributed by atoms with Gasteiger partial charge in [-0.15, -0.1) is 0 Å². The van der Waals surface area contributed by atoms with E-state index in [1.54, 1.807) is 6.92 Å². The Balaban J connectivity index is 2.42. The second kappa shape index (κ2) is 4.68. The van der Waals surface area contributed by atoms with E-state index in [1.807, 2.05) is 6.92 Å². The summed E-state index contributed by atoms with van der Waals surface area (Å²) < 4.78 is 6.74. The number of nitrogens with zero attached hydrogens (tertiary/aromatic N) is 1. The highest BCUT2D eigenvalue weighted by atomic mass is 16.5. The number of H-pyrrole nitrogens is 1. The number of ether oxygens (including phenoxy) is 1. The van der Waals surface area contributed by atoms with Crippen molar-refractivity contribution in [1.29, 1.82) is 0 Å². The van der Waals surface area contributed by atoms with Gasteiger partial charge in [-0.3, -0.25) is 14.3 Å². The van der Waals surface area contributed by atoms with Crippen LogP contribution >= 0.6 is 0 Å². The molecule has 1 aromatic heterocycles. The molecule has 4 atom stereocenters. The van der Waals surface area contributed by atoms with Gasteiger partial charge in [0.05, 0.1) is 12.1 Å². The lowest BCUT2D eigenvalue weighted by molar-refractivity contribution is -0.0405. The molecule has 0 aliphatic carbocycles. The summed E-state index contributed by atoms with van der Waals surface area (Å²) in [6.07, 6.45) is -0.110. The molecule has 0 spiro atoms. The molecule has 100 valence electrons. The van der Waals surface area contributed by atoms with Crippen molar-refractivity contribution in [3.8, 4) is 0 Å². The molecule has 1 fully saturated rings. The third-order valence-corrected chi connectivity index (χ3v) is 3.25. The maximum Gasteiger partial charge on any atom is 0.330 e. The number of nitrogens with two attached hydrogens (primary N) is 1. The van der Waals surface area contributed by atoms with Gasteiger partial charge in [0.25, 0.3) is 5.56 Å². The molecule has 0 aromatic carbocycles.